The molecule has 1 rings (SSSR count). The predicted octanol–water partition coefficient (Wildman–Crippen LogP) is 4.30. The van der Waals surface area contributed by atoms with Gasteiger partial charge in [-0.15, -0.1) is 0 Å². The Balaban J connectivity index is 2.86. The van der Waals surface area contributed by atoms with E-state index in [1.54, 1.807) is 6.08 Å². The maximum absolute atomic E-state index is 6.01. The smallest absolute Gasteiger partial charge is 0.195 e. The van der Waals surface area contributed by atoms with Crippen LogP contribution in [0.25, 0.3) is 6.08 Å². The van der Waals surface area contributed by atoms with Crippen LogP contribution in [0.2, 0.25) is 19.6 Å². The van der Waals surface area contributed by atoms with Gasteiger partial charge in [0.25, 0.3) is 0 Å². The van der Waals surface area contributed by atoms with E-state index in [1.165, 1.54) is 0 Å². The SMILES string of the molecule is C=Cc1ccccc1OC(C)(C)O[Si](C)(C)C. The van der Waals surface area contributed by atoms with Crippen molar-refractivity contribution in [3.8, 4) is 5.75 Å². The maximum Gasteiger partial charge on any atom is 0.195 e. The van der Waals surface area contributed by atoms with Gasteiger partial charge >= 0.3 is 0 Å². The Morgan fingerprint density at radius 2 is 1.76 bits per heavy atom. The lowest BCUT2D eigenvalue weighted by Gasteiger charge is -2.33. The van der Waals surface area contributed by atoms with Crippen molar-refractivity contribution >= 4 is 14.4 Å². The summed E-state index contributed by atoms with van der Waals surface area (Å²) in [5, 5.41) is 0. The highest BCUT2D eigenvalue weighted by Gasteiger charge is 2.29. The van der Waals surface area contributed by atoms with Gasteiger partial charge in [-0.1, -0.05) is 30.9 Å². The van der Waals surface area contributed by atoms with E-state index in [9.17, 15) is 0 Å². The topological polar surface area (TPSA) is 18.5 Å². The Morgan fingerprint density at radius 3 is 2.29 bits per heavy atom. The molecule has 17 heavy (non-hydrogen) atoms. The molecule has 0 heterocycles. The molecule has 0 bridgehead atoms. The van der Waals surface area contributed by atoms with Gasteiger partial charge < -0.3 is 9.16 Å². The fourth-order valence-electron chi connectivity index (χ4n) is 1.77. The first-order chi connectivity index (χ1) is 7.73. The minimum Gasteiger partial charge on any atom is -0.463 e. The van der Waals surface area contributed by atoms with Crippen LogP contribution >= 0.6 is 0 Å². The molecule has 3 heteroatoms. The Hall–Kier alpha value is -1.06. The number of hydrogen-bond acceptors (Lipinski definition) is 2. The highest BCUT2D eigenvalue weighted by atomic mass is 28.4. The van der Waals surface area contributed by atoms with Crippen LogP contribution in [0.15, 0.2) is 30.8 Å². The van der Waals surface area contributed by atoms with Crippen LogP contribution in [0.4, 0.5) is 0 Å². The van der Waals surface area contributed by atoms with Crippen LogP contribution in [0, 0.1) is 0 Å². The van der Waals surface area contributed by atoms with Crippen molar-refractivity contribution in [2.75, 3.05) is 0 Å². The molecule has 0 aliphatic rings. The summed E-state index contributed by atoms with van der Waals surface area (Å²) in [6.07, 6.45) is 1.79. The molecule has 0 saturated heterocycles. The zero-order valence-corrected chi connectivity index (χ0v) is 12.4. The largest absolute Gasteiger partial charge is 0.463 e. The summed E-state index contributed by atoms with van der Waals surface area (Å²) in [5.74, 6) is 0.203. The molecule has 0 atom stereocenters. The second-order valence-corrected chi connectivity index (χ2v) is 9.89. The molecule has 0 aliphatic heterocycles. The van der Waals surface area contributed by atoms with E-state index in [1.807, 2.05) is 38.1 Å². The normalized spacial score (nSPS) is 12.3. The molecule has 0 spiro atoms. The van der Waals surface area contributed by atoms with Crippen LogP contribution in [-0.2, 0) is 4.43 Å². The van der Waals surface area contributed by atoms with E-state index in [4.69, 9.17) is 9.16 Å². The van der Waals surface area contributed by atoms with E-state index >= 15 is 0 Å². The van der Waals surface area contributed by atoms with Crippen molar-refractivity contribution in [2.24, 2.45) is 0 Å². The Morgan fingerprint density at radius 1 is 1.18 bits per heavy atom. The van der Waals surface area contributed by atoms with Gasteiger partial charge in [0.1, 0.15) is 5.75 Å². The molecule has 0 fully saturated rings. The van der Waals surface area contributed by atoms with Crippen molar-refractivity contribution < 1.29 is 9.16 Å². The van der Waals surface area contributed by atoms with Gasteiger partial charge in [-0.05, 0) is 39.6 Å². The summed E-state index contributed by atoms with van der Waals surface area (Å²) in [4.78, 5) is 0. The van der Waals surface area contributed by atoms with Crippen molar-refractivity contribution in [2.45, 2.75) is 39.3 Å². The van der Waals surface area contributed by atoms with Gasteiger partial charge in [0.2, 0.25) is 0 Å². The van der Waals surface area contributed by atoms with Gasteiger partial charge in [0.15, 0.2) is 14.1 Å². The van der Waals surface area contributed by atoms with E-state index in [0.717, 1.165) is 11.3 Å². The molecule has 2 nitrogen and oxygen atoms in total. The summed E-state index contributed by atoms with van der Waals surface area (Å²) in [6.45, 7) is 14.1. The van der Waals surface area contributed by atoms with Gasteiger partial charge in [-0.25, -0.2) is 0 Å². The first-order valence-electron chi connectivity index (χ1n) is 5.84. The zero-order chi connectivity index (χ0) is 13.1. The quantitative estimate of drug-likeness (QED) is 0.573. The molecule has 0 amide bonds. The summed E-state index contributed by atoms with van der Waals surface area (Å²) >= 11 is 0. The number of rotatable bonds is 5. The van der Waals surface area contributed by atoms with Gasteiger partial charge in [0.05, 0.1) is 0 Å². The molecule has 1 aromatic carbocycles. The van der Waals surface area contributed by atoms with E-state index in [2.05, 4.69) is 26.2 Å². The van der Waals surface area contributed by atoms with Crippen LogP contribution in [0.1, 0.15) is 19.4 Å². The molecule has 94 valence electrons. The fourth-order valence-corrected chi connectivity index (χ4v) is 3.28. The minimum absolute atomic E-state index is 0.608. The van der Waals surface area contributed by atoms with Crippen molar-refractivity contribution in [1.82, 2.24) is 0 Å². The molecular formula is C14H22O2Si. The van der Waals surface area contributed by atoms with Crippen molar-refractivity contribution in [3.05, 3.63) is 36.4 Å². The van der Waals surface area contributed by atoms with E-state index < -0.39 is 14.1 Å². The lowest BCUT2D eigenvalue weighted by Crippen LogP contribution is -2.42. The van der Waals surface area contributed by atoms with E-state index in [-0.39, 0.29) is 0 Å². The van der Waals surface area contributed by atoms with E-state index in [0.29, 0.717) is 0 Å². The molecule has 1 aromatic rings. The van der Waals surface area contributed by atoms with Gasteiger partial charge in [0, 0.05) is 5.56 Å². The average Bonchev–Trinajstić information content (AvgIpc) is 2.14. The summed E-state index contributed by atoms with van der Waals surface area (Å²) in [5.41, 5.74) is 0.986. The summed E-state index contributed by atoms with van der Waals surface area (Å²) in [6, 6.07) is 7.84. The number of benzene rings is 1. The lowest BCUT2D eigenvalue weighted by molar-refractivity contribution is -0.0878. The summed E-state index contributed by atoms with van der Waals surface area (Å²) < 4.78 is 12.0. The molecule has 0 radical (unpaired) electrons. The third-order valence-corrected chi connectivity index (χ3v) is 3.15. The van der Waals surface area contributed by atoms with Crippen LogP contribution in [0.3, 0.4) is 0 Å². The molecule has 0 saturated carbocycles. The molecular weight excluding hydrogens is 228 g/mol. The monoisotopic (exact) mass is 250 g/mol. The molecule has 0 unspecified atom stereocenters. The Labute approximate surface area is 105 Å². The standard InChI is InChI=1S/C14H22O2Si/c1-7-12-10-8-9-11-13(12)15-14(2,3)16-17(4,5)6/h7-11H,1H2,2-6H3. The summed E-state index contributed by atoms with van der Waals surface area (Å²) in [7, 11) is -1.62. The molecule has 0 aromatic heterocycles. The average molecular weight is 250 g/mol. The number of para-hydroxylation sites is 1. The van der Waals surface area contributed by atoms with Gasteiger partial charge in [-0.3, -0.25) is 0 Å². The van der Waals surface area contributed by atoms with Crippen LogP contribution in [0.5, 0.6) is 5.75 Å². The lowest BCUT2D eigenvalue weighted by atomic mass is 10.2. The fraction of sp³-hybridized carbons (Fsp3) is 0.429. The van der Waals surface area contributed by atoms with Crippen molar-refractivity contribution in [3.63, 3.8) is 0 Å². The second kappa shape index (κ2) is 5.06. The van der Waals surface area contributed by atoms with Crippen LogP contribution < -0.4 is 4.74 Å². The second-order valence-electron chi connectivity index (χ2n) is 5.46. The van der Waals surface area contributed by atoms with Crippen LogP contribution in [-0.4, -0.2) is 14.1 Å². The predicted molar refractivity (Wildman–Crippen MR) is 75.7 cm³/mol. The van der Waals surface area contributed by atoms with Crippen molar-refractivity contribution in [1.29, 1.82) is 0 Å². The Kier molecular flexibility index (Phi) is 4.17. The highest BCUT2D eigenvalue weighted by molar-refractivity contribution is 6.69. The first kappa shape index (κ1) is 14.0. The molecule has 0 aliphatic carbocycles. The zero-order valence-electron chi connectivity index (χ0n) is 11.4. The third kappa shape index (κ3) is 4.75. The van der Waals surface area contributed by atoms with Gasteiger partial charge in [-0.2, -0.15) is 0 Å². The molecule has 0 N–H and O–H groups in total. The first-order valence-corrected chi connectivity index (χ1v) is 9.25. The number of hydrogen-bond donors (Lipinski definition) is 0. The number of ether oxygens (including phenoxy) is 1. The Bertz CT molecular complexity index is 391. The maximum atomic E-state index is 6.01. The third-order valence-electron chi connectivity index (χ3n) is 2.05. The highest BCUT2D eigenvalue weighted by Crippen LogP contribution is 2.26. The minimum atomic E-state index is -1.62.